The summed E-state index contributed by atoms with van der Waals surface area (Å²) in [5.41, 5.74) is 4.25. The number of rotatable bonds is 4. The Hall–Kier alpha value is -2.25. The normalized spacial score (nSPS) is 17.8. The van der Waals surface area contributed by atoms with E-state index in [9.17, 15) is 5.11 Å². The Bertz CT molecular complexity index is 906. The number of aliphatic hydroxyl groups excluding tert-OH is 1. The van der Waals surface area contributed by atoms with E-state index in [0.29, 0.717) is 0 Å². The molecule has 1 saturated heterocycles. The van der Waals surface area contributed by atoms with Gasteiger partial charge in [-0.3, -0.25) is 4.90 Å². The Morgan fingerprint density at radius 2 is 2.04 bits per heavy atom. The Labute approximate surface area is 153 Å². The zero-order valence-corrected chi connectivity index (χ0v) is 15.6. The Balaban J connectivity index is 1.42. The Morgan fingerprint density at radius 3 is 2.73 bits per heavy atom. The SMILES string of the molecule is Cc1cc(C)n2ncc(CN3CCC([C@@H](O)c4nccn4C)CC3)c2n1. The van der Waals surface area contributed by atoms with Crippen LogP contribution in [0.1, 0.15) is 41.7 Å². The maximum atomic E-state index is 10.6. The quantitative estimate of drug-likeness (QED) is 0.776. The van der Waals surface area contributed by atoms with Crippen LogP contribution in [0.4, 0.5) is 0 Å². The summed E-state index contributed by atoms with van der Waals surface area (Å²) in [5.74, 6) is 1.03. The van der Waals surface area contributed by atoms with Crippen molar-refractivity contribution in [3.05, 3.63) is 47.4 Å². The van der Waals surface area contributed by atoms with Gasteiger partial charge in [-0.1, -0.05) is 0 Å². The number of nitrogens with zero attached hydrogens (tertiary/aromatic N) is 6. The number of fused-ring (bicyclic) bond motifs is 1. The number of aryl methyl sites for hydroxylation is 3. The molecule has 3 aromatic rings. The van der Waals surface area contributed by atoms with Gasteiger partial charge in [-0.15, -0.1) is 0 Å². The fourth-order valence-corrected chi connectivity index (χ4v) is 3.97. The van der Waals surface area contributed by atoms with Crippen LogP contribution in [0.15, 0.2) is 24.7 Å². The van der Waals surface area contributed by atoms with Gasteiger partial charge < -0.3 is 9.67 Å². The maximum Gasteiger partial charge on any atom is 0.159 e. The summed E-state index contributed by atoms with van der Waals surface area (Å²) in [7, 11) is 1.93. The lowest BCUT2D eigenvalue weighted by molar-refractivity contribution is 0.0493. The highest BCUT2D eigenvalue weighted by Crippen LogP contribution is 2.30. The molecular weight excluding hydrogens is 328 g/mol. The van der Waals surface area contributed by atoms with Gasteiger partial charge in [-0.05, 0) is 51.8 Å². The van der Waals surface area contributed by atoms with Crippen LogP contribution < -0.4 is 0 Å². The molecule has 26 heavy (non-hydrogen) atoms. The van der Waals surface area contributed by atoms with Gasteiger partial charge in [-0.2, -0.15) is 5.10 Å². The van der Waals surface area contributed by atoms with E-state index in [2.05, 4.69) is 26.9 Å². The first-order valence-corrected chi connectivity index (χ1v) is 9.21. The number of aliphatic hydroxyl groups is 1. The van der Waals surface area contributed by atoms with E-state index in [1.165, 1.54) is 5.56 Å². The number of likely N-dealkylation sites (tertiary alicyclic amines) is 1. The molecule has 0 radical (unpaired) electrons. The predicted octanol–water partition coefficient (Wildman–Crippen LogP) is 2.03. The van der Waals surface area contributed by atoms with Crippen LogP contribution in [-0.4, -0.2) is 47.2 Å². The van der Waals surface area contributed by atoms with Gasteiger partial charge in [0.1, 0.15) is 11.9 Å². The topological polar surface area (TPSA) is 71.5 Å². The molecule has 0 aliphatic carbocycles. The van der Waals surface area contributed by atoms with Crippen molar-refractivity contribution in [2.75, 3.05) is 13.1 Å². The maximum absolute atomic E-state index is 10.6. The van der Waals surface area contributed by atoms with Crippen molar-refractivity contribution in [3.8, 4) is 0 Å². The number of hydrogen-bond donors (Lipinski definition) is 1. The van der Waals surface area contributed by atoms with Crippen LogP contribution in [-0.2, 0) is 13.6 Å². The van der Waals surface area contributed by atoms with Crippen molar-refractivity contribution in [1.82, 2.24) is 29.0 Å². The van der Waals surface area contributed by atoms with Crippen LogP contribution in [0, 0.1) is 19.8 Å². The fourth-order valence-electron chi connectivity index (χ4n) is 3.97. The van der Waals surface area contributed by atoms with E-state index in [4.69, 9.17) is 0 Å². The summed E-state index contributed by atoms with van der Waals surface area (Å²) in [4.78, 5) is 11.4. The first-order chi connectivity index (χ1) is 12.5. The monoisotopic (exact) mass is 354 g/mol. The van der Waals surface area contributed by atoms with Crippen molar-refractivity contribution >= 4 is 5.65 Å². The second kappa shape index (κ2) is 6.81. The number of imidazole rings is 1. The third-order valence-electron chi connectivity index (χ3n) is 5.45. The number of aromatic nitrogens is 5. The molecule has 0 bridgehead atoms. The minimum Gasteiger partial charge on any atom is -0.385 e. The van der Waals surface area contributed by atoms with Crippen LogP contribution >= 0.6 is 0 Å². The van der Waals surface area contributed by atoms with E-state index in [1.54, 1.807) is 6.20 Å². The van der Waals surface area contributed by atoms with Crippen molar-refractivity contribution in [3.63, 3.8) is 0 Å². The number of hydrogen-bond acceptors (Lipinski definition) is 5. The molecule has 3 aromatic heterocycles. The highest BCUT2D eigenvalue weighted by atomic mass is 16.3. The van der Waals surface area contributed by atoms with Gasteiger partial charge in [0.05, 0.1) is 6.20 Å². The molecule has 0 amide bonds. The first-order valence-electron chi connectivity index (χ1n) is 9.21. The Morgan fingerprint density at radius 1 is 1.27 bits per heavy atom. The molecule has 1 N–H and O–H groups in total. The van der Waals surface area contributed by atoms with Crippen LogP contribution in [0.5, 0.6) is 0 Å². The van der Waals surface area contributed by atoms with E-state index < -0.39 is 6.10 Å². The fraction of sp³-hybridized carbons (Fsp3) is 0.526. The van der Waals surface area contributed by atoms with Crippen molar-refractivity contribution in [2.24, 2.45) is 13.0 Å². The zero-order chi connectivity index (χ0) is 18.3. The summed E-state index contributed by atoms with van der Waals surface area (Å²) in [6, 6.07) is 2.05. The van der Waals surface area contributed by atoms with Crippen molar-refractivity contribution in [2.45, 2.75) is 39.3 Å². The minimum absolute atomic E-state index is 0.263. The molecule has 0 spiro atoms. The van der Waals surface area contributed by atoms with E-state index >= 15 is 0 Å². The summed E-state index contributed by atoms with van der Waals surface area (Å²) < 4.78 is 3.83. The van der Waals surface area contributed by atoms with Gasteiger partial charge in [-0.25, -0.2) is 14.5 Å². The molecule has 1 aliphatic rings. The van der Waals surface area contributed by atoms with E-state index in [0.717, 1.165) is 55.3 Å². The summed E-state index contributed by atoms with van der Waals surface area (Å²) in [6.07, 6.45) is 7.02. The standard InChI is InChI=1S/C19H26N6O/c1-13-10-14(2)25-18(22-13)16(11-21-25)12-24-7-4-15(5-8-24)17(26)19-20-6-9-23(19)3/h6,9-11,15,17,26H,4-5,7-8,12H2,1-3H3/t17-/m1/s1. The highest BCUT2D eigenvalue weighted by Gasteiger charge is 2.28. The Kier molecular flexibility index (Phi) is 4.50. The molecule has 1 aliphatic heterocycles. The van der Waals surface area contributed by atoms with Crippen LogP contribution in [0.25, 0.3) is 5.65 Å². The minimum atomic E-state index is -0.485. The second-order valence-electron chi connectivity index (χ2n) is 7.40. The first kappa shape index (κ1) is 17.2. The molecule has 1 fully saturated rings. The van der Waals surface area contributed by atoms with Gasteiger partial charge in [0.25, 0.3) is 0 Å². The largest absolute Gasteiger partial charge is 0.385 e. The lowest BCUT2D eigenvalue weighted by atomic mass is 9.90. The van der Waals surface area contributed by atoms with Crippen LogP contribution in [0.2, 0.25) is 0 Å². The van der Waals surface area contributed by atoms with Gasteiger partial charge in [0.2, 0.25) is 0 Å². The average molecular weight is 354 g/mol. The molecule has 4 rings (SSSR count). The van der Waals surface area contributed by atoms with Gasteiger partial charge in [0.15, 0.2) is 5.65 Å². The van der Waals surface area contributed by atoms with Crippen LogP contribution in [0.3, 0.4) is 0 Å². The highest BCUT2D eigenvalue weighted by molar-refractivity contribution is 5.47. The smallest absolute Gasteiger partial charge is 0.159 e. The lowest BCUT2D eigenvalue weighted by Crippen LogP contribution is -2.35. The van der Waals surface area contributed by atoms with Crippen molar-refractivity contribution < 1.29 is 5.11 Å². The molecule has 0 aromatic carbocycles. The molecule has 7 nitrogen and oxygen atoms in total. The zero-order valence-electron chi connectivity index (χ0n) is 15.6. The molecular formula is C19H26N6O. The van der Waals surface area contributed by atoms with Gasteiger partial charge in [0, 0.05) is 42.9 Å². The van der Waals surface area contributed by atoms with E-state index in [1.807, 2.05) is 41.5 Å². The third-order valence-corrected chi connectivity index (χ3v) is 5.45. The van der Waals surface area contributed by atoms with E-state index in [-0.39, 0.29) is 5.92 Å². The molecule has 0 saturated carbocycles. The molecule has 1 atom stereocenters. The predicted molar refractivity (Wildman–Crippen MR) is 98.6 cm³/mol. The van der Waals surface area contributed by atoms with Gasteiger partial charge >= 0.3 is 0 Å². The summed E-state index contributed by atoms with van der Waals surface area (Å²) >= 11 is 0. The average Bonchev–Trinajstić information content (AvgIpc) is 3.22. The summed E-state index contributed by atoms with van der Waals surface area (Å²) in [5, 5.41) is 15.1. The summed E-state index contributed by atoms with van der Waals surface area (Å²) in [6.45, 7) is 6.87. The third kappa shape index (κ3) is 3.12. The molecule has 4 heterocycles. The number of piperidine rings is 1. The second-order valence-corrected chi connectivity index (χ2v) is 7.40. The molecule has 7 heteroatoms. The van der Waals surface area contributed by atoms with Crippen molar-refractivity contribution in [1.29, 1.82) is 0 Å². The molecule has 138 valence electrons. The molecule has 0 unspecified atom stereocenters. The lowest BCUT2D eigenvalue weighted by Gasteiger charge is -2.33.